The summed E-state index contributed by atoms with van der Waals surface area (Å²) in [6, 6.07) is 15.2. The van der Waals surface area contributed by atoms with Gasteiger partial charge in [0.05, 0.1) is 22.5 Å². The molecule has 0 saturated heterocycles. The minimum absolute atomic E-state index is 0.143. The van der Waals surface area contributed by atoms with Crippen molar-refractivity contribution in [2.75, 3.05) is 10.5 Å². The van der Waals surface area contributed by atoms with Gasteiger partial charge in [-0.2, -0.15) is 10.4 Å². The predicted molar refractivity (Wildman–Crippen MR) is 94.7 cm³/mol. The molecule has 0 spiro atoms. The van der Waals surface area contributed by atoms with E-state index in [1.54, 1.807) is 36.4 Å². The minimum Gasteiger partial charge on any atom is -0.382 e. The van der Waals surface area contributed by atoms with Crippen LogP contribution < -0.4 is 10.5 Å². The maximum absolute atomic E-state index is 12.6. The molecule has 3 rings (SSSR count). The first-order valence-electron chi connectivity index (χ1n) is 7.35. The number of sulfonamides is 1. The van der Waals surface area contributed by atoms with Crippen LogP contribution in [0.15, 0.2) is 59.6 Å². The second-order valence-corrected chi connectivity index (χ2v) is 7.09. The topological polar surface area (TPSA) is 114 Å². The average molecular weight is 353 g/mol. The zero-order valence-electron chi connectivity index (χ0n) is 13.3. The van der Waals surface area contributed by atoms with Crippen LogP contribution in [-0.4, -0.2) is 18.2 Å². The van der Waals surface area contributed by atoms with Crippen LogP contribution in [0.2, 0.25) is 0 Å². The van der Waals surface area contributed by atoms with Gasteiger partial charge in [-0.15, -0.1) is 0 Å². The van der Waals surface area contributed by atoms with E-state index in [-0.39, 0.29) is 16.3 Å². The molecule has 7 nitrogen and oxygen atoms in total. The molecule has 0 aliphatic carbocycles. The maximum Gasteiger partial charge on any atom is 0.261 e. The highest BCUT2D eigenvalue weighted by Crippen LogP contribution is 2.26. The van der Waals surface area contributed by atoms with Crippen LogP contribution in [0.4, 0.5) is 11.5 Å². The molecule has 0 radical (unpaired) electrons. The smallest absolute Gasteiger partial charge is 0.261 e. The number of hydrogen-bond donors (Lipinski definition) is 2. The number of nitriles is 1. The number of rotatable bonds is 4. The Labute approximate surface area is 145 Å². The minimum atomic E-state index is -3.77. The largest absolute Gasteiger partial charge is 0.382 e. The van der Waals surface area contributed by atoms with E-state index >= 15 is 0 Å². The summed E-state index contributed by atoms with van der Waals surface area (Å²) in [7, 11) is -3.77. The number of nitrogens with two attached hydrogens (primary N) is 1. The van der Waals surface area contributed by atoms with E-state index in [1.807, 2.05) is 13.0 Å². The van der Waals surface area contributed by atoms with Crippen molar-refractivity contribution >= 4 is 21.5 Å². The molecule has 0 aliphatic rings. The average Bonchev–Trinajstić information content (AvgIpc) is 2.96. The van der Waals surface area contributed by atoms with Gasteiger partial charge in [0.2, 0.25) is 0 Å². The van der Waals surface area contributed by atoms with Crippen LogP contribution in [0, 0.1) is 18.3 Å². The van der Waals surface area contributed by atoms with Crippen molar-refractivity contribution in [3.8, 4) is 11.8 Å². The molecule has 126 valence electrons. The van der Waals surface area contributed by atoms with Gasteiger partial charge in [-0.05, 0) is 31.2 Å². The van der Waals surface area contributed by atoms with Gasteiger partial charge in [0.25, 0.3) is 10.0 Å². The van der Waals surface area contributed by atoms with E-state index < -0.39 is 10.0 Å². The second kappa shape index (κ2) is 6.30. The third-order valence-electron chi connectivity index (χ3n) is 3.63. The Balaban J connectivity index is 2.03. The molecule has 0 bridgehead atoms. The predicted octanol–water partition coefficient (Wildman–Crippen LogP) is 2.44. The van der Waals surface area contributed by atoms with Gasteiger partial charge in [-0.1, -0.05) is 29.8 Å². The van der Waals surface area contributed by atoms with Crippen molar-refractivity contribution in [1.29, 1.82) is 5.26 Å². The van der Waals surface area contributed by atoms with Crippen LogP contribution in [0.5, 0.6) is 0 Å². The SMILES string of the molecule is Cc1ccc(S(=O)(=O)Nc2ccccc2-n2ncc(C#N)c2N)cc1. The van der Waals surface area contributed by atoms with E-state index in [1.165, 1.54) is 23.0 Å². The zero-order chi connectivity index (χ0) is 18.0. The number of nitrogens with zero attached hydrogens (tertiary/aromatic N) is 3. The van der Waals surface area contributed by atoms with E-state index in [0.717, 1.165) is 5.56 Å². The van der Waals surface area contributed by atoms with Gasteiger partial charge >= 0.3 is 0 Å². The molecule has 2 aromatic carbocycles. The van der Waals surface area contributed by atoms with Gasteiger partial charge in [-0.25, -0.2) is 13.1 Å². The number of benzene rings is 2. The quantitative estimate of drug-likeness (QED) is 0.748. The van der Waals surface area contributed by atoms with Crippen LogP contribution in [0.1, 0.15) is 11.1 Å². The third-order valence-corrected chi connectivity index (χ3v) is 5.02. The molecule has 0 fully saturated rings. The number of anilines is 2. The molecule has 3 N–H and O–H groups in total. The first kappa shape index (κ1) is 16.5. The van der Waals surface area contributed by atoms with Crippen molar-refractivity contribution < 1.29 is 8.42 Å². The fourth-order valence-corrected chi connectivity index (χ4v) is 3.38. The molecule has 1 aromatic heterocycles. The van der Waals surface area contributed by atoms with E-state index in [2.05, 4.69) is 9.82 Å². The van der Waals surface area contributed by atoms with Crippen LogP contribution in [0.25, 0.3) is 5.69 Å². The number of para-hydroxylation sites is 2. The number of aromatic nitrogens is 2. The summed E-state index contributed by atoms with van der Waals surface area (Å²) < 4.78 is 29.1. The van der Waals surface area contributed by atoms with Crippen molar-refractivity contribution in [2.24, 2.45) is 0 Å². The van der Waals surface area contributed by atoms with Crippen LogP contribution in [0.3, 0.4) is 0 Å². The maximum atomic E-state index is 12.6. The van der Waals surface area contributed by atoms with Crippen molar-refractivity contribution in [3.63, 3.8) is 0 Å². The molecule has 0 aliphatic heterocycles. The Morgan fingerprint density at radius 3 is 2.48 bits per heavy atom. The lowest BCUT2D eigenvalue weighted by Gasteiger charge is -2.13. The molecule has 25 heavy (non-hydrogen) atoms. The van der Waals surface area contributed by atoms with Crippen LogP contribution >= 0.6 is 0 Å². The van der Waals surface area contributed by atoms with Gasteiger partial charge in [0.1, 0.15) is 17.5 Å². The normalized spacial score (nSPS) is 11.0. The number of nitrogens with one attached hydrogen (secondary N) is 1. The number of aryl methyl sites for hydroxylation is 1. The Bertz CT molecular complexity index is 1060. The lowest BCUT2D eigenvalue weighted by atomic mass is 10.2. The summed E-state index contributed by atoms with van der Waals surface area (Å²) >= 11 is 0. The Morgan fingerprint density at radius 2 is 1.84 bits per heavy atom. The summed E-state index contributed by atoms with van der Waals surface area (Å²) in [6.07, 6.45) is 1.33. The first-order valence-corrected chi connectivity index (χ1v) is 8.83. The number of nitrogen functional groups attached to an aromatic ring is 1. The molecular weight excluding hydrogens is 338 g/mol. The summed E-state index contributed by atoms with van der Waals surface area (Å²) in [5, 5.41) is 13.1. The molecule has 3 aromatic rings. The number of hydrogen-bond acceptors (Lipinski definition) is 5. The highest BCUT2D eigenvalue weighted by atomic mass is 32.2. The Kier molecular flexibility index (Phi) is 4.17. The lowest BCUT2D eigenvalue weighted by Crippen LogP contribution is -2.15. The van der Waals surface area contributed by atoms with Crippen LogP contribution in [-0.2, 0) is 10.0 Å². The first-order chi connectivity index (χ1) is 11.9. The Morgan fingerprint density at radius 1 is 1.16 bits per heavy atom. The lowest BCUT2D eigenvalue weighted by molar-refractivity contribution is 0.601. The third kappa shape index (κ3) is 3.18. The Hall–Kier alpha value is -3.31. The van der Waals surface area contributed by atoms with Gasteiger partial charge in [-0.3, -0.25) is 4.72 Å². The van der Waals surface area contributed by atoms with Gasteiger partial charge in [0, 0.05) is 0 Å². The van der Waals surface area contributed by atoms with Crippen molar-refractivity contribution in [1.82, 2.24) is 9.78 Å². The summed E-state index contributed by atoms with van der Waals surface area (Å²) in [4.78, 5) is 0.152. The van der Waals surface area contributed by atoms with Crippen molar-refractivity contribution in [2.45, 2.75) is 11.8 Å². The summed E-state index contributed by atoms with van der Waals surface area (Å²) in [6.45, 7) is 1.88. The van der Waals surface area contributed by atoms with E-state index in [4.69, 9.17) is 11.0 Å². The molecule has 0 saturated carbocycles. The highest BCUT2D eigenvalue weighted by molar-refractivity contribution is 7.92. The summed E-state index contributed by atoms with van der Waals surface area (Å²) in [5.41, 5.74) is 7.83. The molecular formula is C17H15N5O2S. The molecule has 0 atom stereocenters. The van der Waals surface area contributed by atoms with Gasteiger partial charge < -0.3 is 5.73 Å². The van der Waals surface area contributed by atoms with E-state index in [9.17, 15) is 8.42 Å². The van der Waals surface area contributed by atoms with E-state index in [0.29, 0.717) is 11.4 Å². The fourth-order valence-electron chi connectivity index (χ4n) is 2.30. The molecule has 0 amide bonds. The van der Waals surface area contributed by atoms with Crippen molar-refractivity contribution in [3.05, 3.63) is 65.9 Å². The zero-order valence-corrected chi connectivity index (χ0v) is 14.2. The molecule has 1 heterocycles. The summed E-state index contributed by atoms with van der Waals surface area (Å²) in [5.74, 6) is 0.143. The fraction of sp³-hybridized carbons (Fsp3) is 0.0588. The highest BCUT2D eigenvalue weighted by Gasteiger charge is 2.18. The second-order valence-electron chi connectivity index (χ2n) is 5.40. The monoisotopic (exact) mass is 353 g/mol. The molecule has 8 heteroatoms. The standard InChI is InChI=1S/C17H15N5O2S/c1-12-6-8-14(9-7-12)25(23,24)21-15-4-2-3-5-16(15)22-17(19)13(10-18)11-20-22/h2-9,11,21H,19H2,1H3. The van der Waals surface area contributed by atoms with Gasteiger partial charge in [0.15, 0.2) is 0 Å². The molecule has 0 unspecified atom stereocenters.